The van der Waals surface area contributed by atoms with E-state index in [4.69, 9.17) is 4.74 Å². The number of ketones is 1. The highest BCUT2D eigenvalue weighted by Crippen LogP contribution is 2.18. The number of hydrogen-bond donors (Lipinski definition) is 0. The van der Waals surface area contributed by atoms with Gasteiger partial charge >= 0.3 is 0 Å². The molecule has 2 rings (SSSR count). The molecule has 0 amide bonds. The molecule has 98 valence electrons. The molecule has 19 heavy (non-hydrogen) atoms. The Balaban J connectivity index is 1.90. The molecule has 0 N–H and O–H groups in total. The van der Waals surface area contributed by atoms with Crippen molar-refractivity contribution in [2.24, 2.45) is 0 Å². The van der Waals surface area contributed by atoms with E-state index < -0.39 is 0 Å². The van der Waals surface area contributed by atoms with Gasteiger partial charge in [-0.3, -0.25) is 4.79 Å². The second-order valence-electron chi connectivity index (χ2n) is 4.45. The lowest BCUT2D eigenvalue weighted by Crippen LogP contribution is -2.14. The summed E-state index contributed by atoms with van der Waals surface area (Å²) in [6.45, 7) is 2.21. The summed E-state index contributed by atoms with van der Waals surface area (Å²) in [6, 6.07) is 17.6. The average Bonchev–Trinajstić information content (AvgIpc) is 2.46. The maximum atomic E-state index is 11.9. The van der Waals surface area contributed by atoms with E-state index in [1.54, 1.807) is 0 Å². The Morgan fingerprint density at radius 3 is 2.42 bits per heavy atom. The van der Waals surface area contributed by atoms with Crippen LogP contribution in [0.15, 0.2) is 54.6 Å². The van der Waals surface area contributed by atoms with Gasteiger partial charge in [-0.1, -0.05) is 55.5 Å². The lowest BCUT2D eigenvalue weighted by Gasteiger charge is -2.09. The zero-order valence-corrected chi connectivity index (χ0v) is 11.1. The molecule has 0 radical (unpaired) electrons. The quantitative estimate of drug-likeness (QED) is 0.789. The van der Waals surface area contributed by atoms with Gasteiger partial charge in [-0.05, 0) is 23.6 Å². The van der Waals surface area contributed by atoms with Crippen LogP contribution in [0.3, 0.4) is 0 Å². The van der Waals surface area contributed by atoms with Crippen LogP contribution in [-0.2, 0) is 17.6 Å². The number of hydrogen-bond acceptors (Lipinski definition) is 2. The Labute approximate surface area is 114 Å². The van der Waals surface area contributed by atoms with E-state index in [9.17, 15) is 4.79 Å². The number of carbonyl (C=O) groups excluding carboxylic acids is 1. The number of Topliss-reactive ketones (excluding diaryl/α,β-unsaturated/α-hetero) is 1. The van der Waals surface area contributed by atoms with Crippen molar-refractivity contribution in [2.75, 3.05) is 6.61 Å². The van der Waals surface area contributed by atoms with E-state index in [1.807, 2.05) is 54.6 Å². The summed E-state index contributed by atoms with van der Waals surface area (Å²) in [5, 5.41) is 0. The van der Waals surface area contributed by atoms with Crippen LogP contribution >= 0.6 is 0 Å². The molecule has 2 nitrogen and oxygen atoms in total. The SMILES string of the molecule is CCc1ccccc1OCC(=O)Cc1ccccc1. The fourth-order valence-electron chi connectivity index (χ4n) is 1.97. The van der Waals surface area contributed by atoms with Crippen molar-refractivity contribution in [3.05, 3.63) is 65.7 Å². The first-order chi connectivity index (χ1) is 9.29. The maximum absolute atomic E-state index is 11.9. The minimum Gasteiger partial charge on any atom is -0.486 e. The molecule has 0 fully saturated rings. The molecule has 0 aliphatic carbocycles. The van der Waals surface area contributed by atoms with Gasteiger partial charge in [0.25, 0.3) is 0 Å². The molecular weight excluding hydrogens is 236 g/mol. The Morgan fingerprint density at radius 2 is 1.68 bits per heavy atom. The lowest BCUT2D eigenvalue weighted by molar-refractivity contribution is -0.120. The summed E-state index contributed by atoms with van der Waals surface area (Å²) in [5.74, 6) is 0.906. The van der Waals surface area contributed by atoms with Gasteiger partial charge in [0.2, 0.25) is 0 Å². The third kappa shape index (κ3) is 3.95. The van der Waals surface area contributed by atoms with Crippen molar-refractivity contribution in [1.29, 1.82) is 0 Å². The van der Waals surface area contributed by atoms with Crippen LogP contribution in [0.25, 0.3) is 0 Å². The van der Waals surface area contributed by atoms with Gasteiger partial charge in [-0.2, -0.15) is 0 Å². The first kappa shape index (κ1) is 13.3. The lowest BCUT2D eigenvalue weighted by atomic mass is 10.1. The third-order valence-corrected chi connectivity index (χ3v) is 2.99. The van der Waals surface area contributed by atoms with Crippen molar-refractivity contribution < 1.29 is 9.53 Å². The minimum absolute atomic E-state index is 0.0945. The van der Waals surface area contributed by atoms with Crippen molar-refractivity contribution in [3.8, 4) is 5.75 Å². The summed E-state index contributed by atoms with van der Waals surface area (Å²) >= 11 is 0. The molecule has 2 heteroatoms. The first-order valence-electron chi connectivity index (χ1n) is 6.56. The minimum atomic E-state index is 0.0945. The number of benzene rings is 2. The number of ether oxygens (including phenoxy) is 1. The van der Waals surface area contributed by atoms with E-state index in [-0.39, 0.29) is 12.4 Å². The highest BCUT2D eigenvalue weighted by atomic mass is 16.5. The number of carbonyl (C=O) groups is 1. The fraction of sp³-hybridized carbons (Fsp3) is 0.235. The number of aryl methyl sites for hydroxylation is 1. The fourth-order valence-corrected chi connectivity index (χ4v) is 1.97. The molecule has 0 unspecified atom stereocenters. The second kappa shape index (κ2) is 6.74. The van der Waals surface area contributed by atoms with Crippen LogP contribution < -0.4 is 4.74 Å². The monoisotopic (exact) mass is 254 g/mol. The molecule has 2 aromatic rings. The molecule has 0 saturated heterocycles. The molecule has 2 aromatic carbocycles. The Morgan fingerprint density at radius 1 is 1.00 bits per heavy atom. The smallest absolute Gasteiger partial charge is 0.174 e. The summed E-state index contributed by atoms with van der Waals surface area (Å²) in [4.78, 5) is 11.9. The number of para-hydroxylation sites is 1. The van der Waals surface area contributed by atoms with Crippen LogP contribution in [0.2, 0.25) is 0 Å². The molecule has 0 heterocycles. The maximum Gasteiger partial charge on any atom is 0.174 e. The van der Waals surface area contributed by atoms with Crippen LogP contribution in [0.4, 0.5) is 0 Å². The van der Waals surface area contributed by atoms with Crippen molar-refractivity contribution in [3.63, 3.8) is 0 Å². The summed E-state index contributed by atoms with van der Waals surface area (Å²) in [7, 11) is 0. The topological polar surface area (TPSA) is 26.3 Å². The molecule has 0 aromatic heterocycles. The van der Waals surface area contributed by atoms with Gasteiger partial charge in [0.15, 0.2) is 5.78 Å². The van der Waals surface area contributed by atoms with E-state index >= 15 is 0 Å². The van der Waals surface area contributed by atoms with E-state index in [1.165, 1.54) is 0 Å². The molecule has 0 aliphatic heterocycles. The van der Waals surface area contributed by atoms with Crippen LogP contribution in [0.1, 0.15) is 18.1 Å². The predicted octanol–water partition coefficient (Wildman–Crippen LogP) is 3.44. The zero-order chi connectivity index (χ0) is 13.5. The normalized spacial score (nSPS) is 10.2. The molecular formula is C17H18O2. The summed E-state index contributed by atoms with van der Waals surface area (Å²) in [5.41, 5.74) is 2.16. The Kier molecular flexibility index (Phi) is 4.73. The van der Waals surface area contributed by atoms with Gasteiger partial charge in [0.05, 0.1) is 0 Å². The first-order valence-corrected chi connectivity index (χ1v) is 6.56. The molecule has 0 bridgehead atoms. The van der Waals surface area contributed by atoms with E-state index in [0.717, 1.165) is 23.3 Å². The largest absolute Gasteiger partial charge is 0.486 e. The van der Waals surface area contributed by atoms with Crippen LogP contribution in [0, 0.1) is 0 Å². The zero-order valence-electron chi connectivity index (χ0n) is 11.1. The van der Waals surface area contributed by atoms with Gasteiger partial charge < -0.3 is 4.74 Å². The molecule has 0 atom stereocenters. The molecule has 0 spiro atoms. The Bertz CT molecular complexity index is 532. The van der Waals surface area contributed by atoms with Crippen molar-refractivity contribution >= 4 is 5.78 Å². The van der Waals surface area contributed by atoms with Crippen molar-refractivity contribution in [2.45, 2.75) is 19.8 Å². The highest BCUT2D eigenvalue weighted by molar-refractivity contribution is 5.82. The van der Waals surface area contributed by atoms with E-state index in [0.29, 0.717) is 6.42 Å². The van der Waals surface area contributed by atoms with E-state index in [2.05, 4.69) is 6.92 Å². The Hall–Kier alpha value is -2.09. The molecule has 0 saturated carbocycles. The predicted molar refractivity (Wildman–Crippen MR) is 76.5 cm³/mol. The summed E-state index contributed by atoms with van der Waals surface area (Å²) < 4.78 is 5.61. The van der Waals surface area contributed by atoms with Gasteiger partial charge in [0.1, 0.15) is 12.4 Å². The van der Waals surface area contributed by atoms with Gasteiger partial charge in [-0.15, -0.1) is 0 Å². The molecule has 0 aliphatic rings. The third-order valence-electron chi connectivity index (χ3n) is 2.99. The van der Waals surface area contributed by atoms with Gasteiger partial charge in [-0.25, -0.2) is 0 Å². The van der Waals surface area contributed by atoms with Crippen LogP contribution in [0.5, 0.6) is 5.75 Å². The highest BCUT2D eigenvalue weighted by Gasteiger charge is 2.06. The average molecular weight is 254 g/mol. The van der Waals surface area contributed by atoms with Crippen molar-refractivity contribution in [1.82, 2.24) is 0 Å². The van der Waals surface area contributed by atoms with Gasteiger partial charge in [0, 0.05) is 6.42 Å². The summed E-state index contributed by atoms with van der Waals surface area (Å²) in [6.07, 6.45) is 1.33. The standard InChI is InChI=1S/C17H18O2/c1-2-15-10-6-7-11-17(15)19-13-16(18)12-14-8-4-3-5-9-14/h3-11H,2,12-13H2,1H3. The van der Waals surface area contributed by atoms with Crippen LogP contribution in [-0.4, -0.2) is 12.4 Å². The number of rotatable bonds is 6. The second-order valence-corrected chi connectivity index (χ2v) is 4.45.